The Morgan fingerprint density at radius 2 is 2.00 bits per heavy atom. The van der Waals surface area contributed by atoms with Crippen molar-refractivity contribution in [1.82, 2.24) is 4.31 Å². The molecule has 1 aromatic carbocycles. The molecule has 94 valence electrons. The lowest BCUT2D eigenvalue weighted by Crippen LogP contribution is -2.60. The Labute approximate surface area is 99.2 Å². The molecule has 1 aromatic rings. The number of hydrogen-bond acceptors (Lipinski definition) is 3. The predicted octanol–water partition coefficient (Wildman–Crippen LogP) is 0.379. The van der Waals surface area contributed by atoms with Gasteiger partial charge in [-0.1, -0.05) is 18.2 Å². The van der Waals surface area contributed by atoms with Gasteiger partial charge in [0.15, 0.2) is 5.67 Å². The number of hydrogen-bond donors (Lipinski definition) is 1. The highest BCUT2D eigenvalue weighted by atomic mass is 32.2. The maximum Gasteiger partial charge on any atom is 0.277 e. The van der Waals surface area contributed by atoms with Gasteiger partial charge in [0.2, 0.25) is 0 Å². The summed E-state index contributed by atoms with van der Waals surface area (Å²) < 4.78 is 42.3. The molecule has 0 amide bonds. The first-order valence-electron chi connectivity index (χ1n) is 4.97. The molecule has 1 aliphatic heterocycles. The van der Waals surface area contributed by atoms with Gasteiger partial charge in [0.05, 0.1) is 20.2 Å². The zero-order chi connectivity index (χ0) is 12.7. The molecule has 1 aliphatic rings. The van der Waals surface area contributed by atoms with Crippen LogP contribution in [0, 0.1) is 0 Å². The number of rotatable bonds is 3. The van der Waals surface area contributed by atoms with E-state index in [-0.39, 0.29) is 13.1 Å². The second-order valence-electron chi connectivity index (χ2n) is 3.98. The molecule has 0 radical (unpaired) electrons. The molecular weight excluding hydrogens is 247 g/mol. The van der Waals surface area contributed by atoms with Gasteiger partial charge < -0.3 is 4.74 Å². The molecule has 1 fully saturated rings. The van der Waals surface area contributed by atoms with Crippen LogP contribution in [-0.4, -0.2) is 32.9 Å². The largest absolute Gasteiger partial charge is 0.496 e. The van der Waals surface area contributed by atoms with Crippen molar-refractivity contribution in [3.05, 3.63) is 29.8 Å². The van der Waals surface area contributed by atoms with Crippen molar-refractivity contribution >= 4 is 10.2 Å². The van der Waals surface area contributed by atoms with Crippen LogP contribution >= 0.6 is 0 Å². The molecule has 5 nitrogen and oxygen atoms in total. The van der Waals surface area contributed by atoms with Crippen molar-refractivity contribution in [2.75, 3.05) is 20.2 Å². The Morgan fingerprint density at radius 1 is 1.41 bits per heavy atom. The Balaban J connectivity index is 2.25. The van der Waals surface area contributed by atoms with Crippen LogP contribution < -0.4 is 9.88 Å². The summed E-state index contributed by atoms with van der Waals surface area (Å²) in [5, 5.41) is 4.91. The average molecular weight is 260 g/mol. The predicted molar refractivity (Wildman–Crippen MR) is 60.5 cm³/mol. The third-order valence-corrected chi connectivity index (χ3v) is 3.78. The number of para-hydroxylation sites is 1. The van der Waals surface area contributed by atoms with E-state index in [9.17, 15) is 12.8 Å². The summed E-state index contributed by atoms with van der Waals surface area (Å²) in [6.07, 6.45) is 0. The molecule has 17 heavy (non-hydrogen) atoms. The van der Waals surface area contributed by atoms with Gasteiger partial charge in [-0.15, -0.1) is 0 Å². The zero-order valence-corrected chi connectivity index (χ0v) is 10.1. The van der Waals surface area contributed by atoms with Gasteiger partial charge in [-0.05, 0) is 6.07 Å². The van der Waals surface area contributed by atoms with Crippen molar-refractivity contribution in [2.24, 2.45) is 5.14 Å². The van der Waals surface area contributed by atoms with Gasteiger partial charge in [-0.2, -0.15) is 12.7 Å². The second kappa shape index (κ2) is 3.94. The van der Waals surface area contributed by atoms with Gasteiger partial charge in [0.25, 0.3) is 10.2 Å². The van der Waals surface area contributed by atoms with Crippen molar-refractivity contribution in [3.63, 3.8) is 0 Å². The Hall–Kier alpha value is -1.18. The Kier molecular flexibility index (Phi) is 2.84. The standard InChI is InChI=1S/C10H13FN2O3S/c1-16-9-5-3-2-4-8(9)10(11)6-13(7-10)17(12,14)15/h2-5H,6-7H2,1H3,(H2,12,14,15). The quantitative estimate of drug-likeness (QED) is 0.854. The highest BCUT2D eigenvalue weighted by Gasteiger charge is 2.50. The molecule has 2 rings (SSSR count). The van der Waals surface area contributed by atoms with Crippen LogP contribution in [0.1, 0.15) is 5.56 Å². The molecule has 0 bridgehead atoms. The molecular formula is C10H13FN2O3S. The molecule has 0 spiro atoms. The van der Waals surface area contributed by atoms with E-state index in [0.29, 0.717) is 11.3 Å². The van der Waals surface area contributed by atoms with Crippen LogP contribution in [0.15, 0.2) is 24.3 Å². The van der Waals surface area contributed by atoms with Crippen LogP contribution in [0.3, 0.4) is 0 Å². The van der Waals surface area contributed by atoms with Crippen LogP contribution in [0.5, 0.6) is 5.75 Å². The Bertz CT molecular complexity index is 526. The Morgan fingerprint density at radius 3 is 2.53 bits per heavy atom. The second-order valence-corrected chi connectivity index (χ2v) is 5.52. The summed E-state index contributed by atoms with van der Waals surface area (Å²) in [6.45, 7) is -0.543. The monoisotopic (exact) mass is 260 g/mol. The number of alkyl halides is 1. The minimum atomic E-state index is -3.81. The SMILES string of the molecule is COc1ccccc1C1(F)CN(S(N)(=O)=O)C1. The summed E-state index contributed by atoms with van der Waals surface area (Å²) in [5.74, 6) is 0.407. The molecule has 2 N–H and O–H groups in total. The molecule has 7 heteroatoms. The number of ether oxygens (including phenoxy) is 1. The van der Waals surface area contributed by atoms with Crippen molar-refractivity contribution in [1.29, 1.82) is 0 Å². The molecule has 0 aromatic heterocycles. The topological polar surface area (TPSA) is 72.6 Å². The third kappa shape index (κ3) is 2.13. The van der Waals surface area contributed by atoms with Crippen molar-refractivity contribution in [2.45, 2.75) is 5.67 Å². The van der Waals surface area contributed by atoms with Gasteiger partial charge in [0.1, 0.15) is 5.75 Å². The van der Waals surface area contributed by atoms with Crippen LogP contribution in [0.4, 0.5) is 4.39 Å². The van der Waals surface area contributed by atoms with E-state index in [1.54, 1.807) is 24.3 Å². The third-order valence-electron chi connectivity index (χ3n) is 2.80. The van der Waals surface area contributed by atoms with Gasteiger partial charge in [0, 0.05) is 5.56 Å². The minimum Gasteiger partial charge on any atom is -0.496 e. The van der Waals surface area contributed by atoms with E-state index < -0.39 is 15.9 Å². The average Bonchev–Trinajstić information content (AvgIpc) is 2.23. The molecule has 0 aliphatic carbocycles. The zero-order valence-electron chi connectivity index (χ0n) is 9.26. The summed E-state index contributed by atoms with van der Waals surface area (Å²) in [4.78, 5) is 0. The van der Waals surface area contributed by atoms with Crippen LogP contribution in [0.2, 0.25) is 0 Å². The van der Waals surface area contributed by atoms with Gasteiger partial charge in [-0.25, -0.2) is 9.53 Å². The fourth-order valence-electron chi connectivity index (χ4n) is 1.88. The first kappa shape index (κ1) is 12.3. The smallest absolute Gasteiger partial charge is 0.277 e. The highest BCUT2D eigenvalue weighted by molar-refractivity contribution is 7.86. The van der Waals surface area contributed by atoms with E-state index in [0.717, 1.165) is 4.31 Å². The van der Waals surface area contributed by atoms with Crippen molar-refractivity contribution in [3.8, 4) is 5.75 Å². The number of nitrogens with two attached hydrogens (primary N) is 1. The maximum absolute atomic E-state index is 14.4. The first-order valence-corrected chi connectivity index (χ1v) is 6.47. The van der Waals surface area contributed by atoms with Gasteiger partial charge in [-0.3, -0.25) is 0 Å². The van der Waals surface area contributed by atoms with Crippen LogP contribution in [0.25, 0.3) is 0 Å². The van der Waals surface area contributed by atoms with E-state index in [1.165, 1.54) is 7.11 Å². The molecule has 0 saturated carbocycles. The van der Waals surface area contributed by atoms with Crippen LogP contribution in [-0.2, 0) is 15.9 Å². The lowest BCUT2D eigenvalue weighted by molar-refractivity contribution is 0.0159. The van der Waals surface area contributed by atoms with Crippen molar-refractivity contribution < 1.29 is 17.5 Å². The number of nitrogens with zero attached hydrogens (tertiary/aromatic N) is 1. The molecule has 0 atom stereocenters. The first-order chi connectivity index (χ1) is 7.87. The summed E-state index contributed by atoms with van der Waals surface area (Å²) >= 11 is 0. The van der Waals surface area contributed by atoms with E-state index in [2.05, 4.69) is 0 Å². The summed E-state index contributed by atoms with van der Waals surface area (Å²) in [5.41, 5.74) is -1.37. The van der Waals surface area contributed by atoms with E-state index in [4.69, 9.17) is 9.88 Å². The number of methoxy groups -OCH3 is 1. The minimum absolute atomic E-state index is 0.272. The fraction of sp³-hybridized carbons (Fsp3) is 0.400. The fourth-order valence-corrected chi connectivity index (χ4v) is 2.65. The number of halogens is 1. The molecule has 1 heterocycles. The summed E-state index contributed by atoms with van der Waals surface area (Å²) in [7, 11) is -2.37. The lowest BCUT2D eigenvalue weighted by Gasteiger charge is -2.42. The van der Waals surface area contributed by atoms with Gasteiger partial charge >= 0.3 is 0 Å². The summed E-state index contributed by atoms with van der Waals surface area (Å²) in [6, 6.07) is 6.62. The maximum atomic E-state index is 14.4. The highest BCUT2D eigenvalue weighted by Crippen LogP contribution is 2.41. The van der Waals surface area contributed by atoms with E-state index >= 15 is 0 Å². The molecule has 0 unspecified atom stereocenters. The molecule has 1 saturated heterocycles. The normalized spacial score (nSPS) is 19.7. The van der Waals surface area contributed by atoms with E-state index in [1.807, 2.05) is 0 Å². The lowest BCUT2D eigenvalue weighted by atomic mass is 9.89. The number of benzene rings is 1.